The number of carboxylic acid groups (broad SMARTS) is 2. The van der Waals surface area contributed by atoms with Gasteiger partial charge in [0.1, 0.15) is 5.75 Å². The number of nitrogens with zero attached hydrogens (tertiary/aromatic N) is 2. The zero-order chi connectivity index (χ0) is 30.8. The van der Waals surface area contributed by atoms with Crippen molar-refractivity contribution in [1.29, 1.82) is 0 Å². The highest BCUT2D eigenvalue weighted by molar-refractivity contribution is 6.08. The Labute approximate surface area is 249 Å². The van der Waals surface area contributed by atoms with Crippen LogP contribution in [0.4, 0.5) is 0 Å². The second kappa shape index (κ2) is 12.7. The summed E-state index contributed by atoms with van der Waals surface area (Å²) in [6.45, 7) is 0.418. The lowest BCUT2D eigenvalue weighted by Crippen LogP contribution is -2.43. The number of phenolic OH excluding ortho intramolecular Hbond substituents is 1. The average molecular weight is 595 g/mol. The van der Waals surface area contributed by atoms with Crippen LogP contribution < -0.4 is 0 Å². The predicted octanol–water partition coefficient (Wildman–Crippen LogP) is 3.32. The quantitative estimate of drug-likeness (QED) is 0.176. The van der Waals surface area contributed by atoms with E-state index in [1.54, 1.807) is 12.1 Å². The highest BCUT2D eigenvalue weighted by atomic mass is 16.4. The van der Waals surface area contributed by atoms with Crippen LogP contribution in [0.1, 0.15) is 75.7 Å². The number of benzene rings is 1. The SMILES string of the molecule is O=C(O)CCCCCN1C(=O)C2CC=C3C(CC4C(=O)N(CCCCCC(=O)O)C(=O)C4C3c3cccc(O)c3)C2C1=O. The van der Waals surface area contributed by atoms with E-state index in [1.165, 1.54) is 15.9 Å². The molecule has 4 aliphatic rings. The number of aliphatic carboxylic acids is 2. The zero-order valence-electron chi connectivity index (χ0n) is 24.0. The van der Waals surface area contributed by atoms with Crippen LogP contribution >= 0.6 is 0 Å². The lowest BCUT2D eigenvalue weighted by Gasteiger charge is -2.44. The van der Waals surface area contributed by atoms with Gasteiger partial charge < -0.3 is 15.3 Å². The number of rotatable bonds is 13. The summed E-state index contributed by atoms with van der Waals surface area (Å²) in [5.74, 6) is -6.33. The molecule has 2 heterocycles. The van der Waals surface area contributed by atoms with E-state index in [4.69, 9.17) is 10.2 Å². The number of fused-ring (bicyclic) bond motifs is 4. The third-order valence-electron chi connectivity index (χ3n) is 9.61. The number of hydrogen-bond acceptors (Lipinski definition) is 7. The molecule has 2 aliphatic heterocycles. The van der Waals surface area contributed by atoms with Gasteiger partial charge in [-0.2, -0.15) is 0 Å². The number of amides is 4. The third kappa shape index (κ3) is 5.94. The van der Waals surface area contributed by atoms with Crippen molar-refractivity contribution < 1.29 is 44.1 Å². The lowest BCUT2D eigenvalue weighted by molar-refractivity contribution is -0.142. The molecule has 6 atom stereocenters. The minimum absolute atomic E-state index is 0.0250. The molecule has 0 aromatic heterocycles. The van der Waals surface area contributed by atoms with Crippen LogP contribution in [0.2, 0.25) is 0 Å². The van der Waals surface area contributed by atoms with E-state index in [2.05, 4.69) is 0 Å². The van der Waals surface area contributed by atoms with Crippen LogP contribution in [-0.4, -0.2) is 73.8 Å². The molecule has 3 N–H and O–H groups in total. The van der Waals surface area contributed by atoms with Gasteiger partial charge in [-0.25, -0.2) is 0 Å². The van der Waals surface area contributed by atoms with E-state index >= 15 is 0 Å². The molecule has 1 saturated carbocycles. The third-order valence-corrected chi connectivity index (χ3v) is 9.61. The van der Waals surface area contributed by atoms with Crippen LogP contribution in [0, 0.1) is 29.6 Å². The highest BCUT2D eigenvalue weighted by Gasteiger charge is 2.61. The Morgan fingerprint density at radius 3 is 1.88 bits per heavy atom. The van der Waals surface area contributed by atoms with Crippen molar-refractivity contribution in [2.24, 2.45) is 29.6 Å². The Kier molecular flexibility index (Phi) is 8.98. The number of likely N-dealkylation sites (tertiary alicyclic amines) is 2. The molecule has 4 amide bonds. The van der Waals surface area contributed by atoms with E-state index in [-0.39, 0.29) is 61.7 Å². The Morgan fingerprint density at radius 1 is 0.721 bits per heavy atom. The molecular formula is C32H38N2O9. The molecule has 230 valence electrons. The molecule has 0 bridgehead atoms. The number of phenols is 1. The Morgan fingerprint density at radius 2 is 1.30 bits per heavy atom. The van der Waals surface area contributed by atoms with E-state index < -0.39 is 47.4 Å². The van der Waals surface area contributed by atoms with Gasteiger partial charge in [0.2, 0.25) is 23.6 Å². The number of carbonyl (C=O) groups is 6. The van der Waals surface area contributed by atoms with Crippen LogP contribution in [0.25, 0.3) is 0 Å². The van der Waals surface area contributed by atoms with Crippen molar-refractivity contribution in [2.45, 2.75) is 70.1 Å². The summed E-state index contributed by atoms with van der Waals surface area (Å²) >= 11 is 0. The number of carboxylic acids is 2. The number of carbonyl (C=O) groups excluding carboxylic acids is 4. The number of allylic oxidation sites excluding steroid dienone is 2. The lowest BCUT2D eigenvalue weighted by atomic mass is 9.57. The summed E-state index contributed by atoms with van der Waals surface area (Å²) < 4.78 is 0. The van der Waals surface area contributed by atoms with Gasteiger partial charge in [0.15, 0.2) is 0 Å². The van der Waals surface area contributed by atoms with Gasteiger partial charge in [-0.3, -0.25) is 38.6 Å². The maximum absolute atomic E-state index is 13.8. The summed E-state index contributed by atoms with van der Waals surface area (Å²) in [4.78, 5) is 79.0. The highest BCUT2D eigenvalue weighted by Crippen LogP contribution is 2.58. The van der Waals surface area contributed by atoms with Gasteiger partial charge in [-0.1, -0.05) is 36.6 Å². The van der Waals surface area contributed by atoms with Crippen LogP contribution in [0.5, 0.6) is 5.75 Å². The fourth-order valence-corrected chi connectivity index (χ4v) is 7.70. The van der Waals surface area contributed by atoms with Gasteiger partial charge >= 0.3 is 11.9 Å². The minimum Gasteiger partial charge on any atom is -0.508 e. The van der Waals surface area contributed by atoms with E-state index in [0.29, 0.717) is 50.5 Å². The number of aromatic hydroxyl groups is 1. The monoisotopic (exact) mass is 594 g/mol. The molecule has 2 aliphatic carbocycles. The van der Waals surface area contributed by atoms with Gasteiger partial charge in [0, 0.05) is 31.8 Å². The number of hydrogen-bond donors (Lipinski definition) is 3. The largest absolute Gasteiger partial charge is 0.508 e. The topological polar surface area (TPSA) is 170 Å². The Balaban J connectivity index is 1.39. The van der Waals surface area contributed by atoms with Crippen molar-refractivity contribution >= 4 is 35.6 Å². The first-order valence-electron chi connectivity index (χ1n) is 15.2. The van der Waals surface area contributed by atoms with Crippen LogP contribution in [-0.2, 0) is 28.8 Å². The van der Waals surface area contributed by atoms with Gasteiger partial charge in [0.25, 0.3) is 0 Å². The average Bonchev–Trinajstić information content (AvgIpc) is 3.35. The standard InChI is InChI=1S/C32H38N2O9/c35-19-9-7-8-18(16-19)26-20-12-13-21-27(31(42)33(29(21)40)14-5-1-3-10-24(36)37)22(20)17-23-28(26)32(43)34(30(23)41)15-6-2-4-11-25(38)39/h7-9,12,16,21-23,26-28,35H,1-6,10-11,13-15,17H2,(H,36,37)(H,38,39). The summed E-state index contributed by atoms with van der Waals surface area (Å²) in [5.41, 5.74) is 1.54. The molecule has 11 heteroatoms. The Hall–Kier alpha value is -4.02. The van der Waals surface area contributed by atoms with Crippen molar-refractivity contribution in [3.63, 3.8) is 0 Å². The maximum atomic E-state index is 13.8. The molecule has 0 radical (unpaired) electrons. The Bertz CT molecular complexity index is 1350. The number of imide groups is 2. The van der Waals surface area contributed by atoms with Crippen LogP contribution in [0.3, 0.4) is 0 Å². The smallest absolute Gasteiger partial charge is 0.303 e. The normalized spacial score (nSPS) is 28.0. The molecule has 1 aromatic carbocycles. The first kappa shape index (κ1) is 30.4. The van der Waals surface area contributed by atoms with E-state index in [0.717, 1.165) is 5.57 Å². The summed E-state index contributed by atoms with van der Waals surface area (Å²) in [7, 11) is 0. The fraction of sp³-hybridized carbons (Fsp3) is 0.562. The molecule has 0 spiro atoms. The molecule has 43 heavy (non-hydrogen) atoms. The summed E-state index contributed by atoms with van der Waals surface area (Å²) in [5, 5.41) is 28.1. The van der Waals surface area contributed by atoms with Crippen molar-refractivity contribution in [1.82, 2.24) is 9.80 Å². The molecule has 6 unspecified atom stereocenters. The fourth-order valence-electron chi connectivity index (χ4n) is 7.70. The molecular weight excluding hydrogens is 556 g/mol. The molecule has 11 nitrogen and oxygen atoms in total. The van der Waals surface area contributed by atoms with E-state index in [1.807, 2.05) is 12.1 Å². The van der Waals surface area contributed by atoms with Gasteiger partial charge in [0.05, 0.1) is 23.7 Å². The van der Waals surface area contributed by atoms with E-state index in [9.17, 15) is 33.9 Å². The van der Waals surface area contributed by atoms with Crippen molar-refractivity contribution in [3.8, 4) is 5.75 Å². The first-order valence-corrected chi connectivity index (χ1v) is 15.2. The zero-order valence-corrected chi connectivity index (χ0v) is 24.0. The van der Waals surface area contributed by atoms with Crippen molar-refractivity contribution in [2.75, 3.05) is 13.1 Å². The van der Waals surface area contributed by atoms with Crippen LogP contribution in [0.15, 0.2) is 35.9 Å². The summed E-state index contributed by atoms with van der Waals surface area (Å²) in [6, 6.07) is 6.63. The molecule has 5 rings (SSSR count). The maximum Gasteiger partial charge on any atom is 0.303 e. The van der Waals surface area contributed by atoms with Gasteiger partial charge in [-0.15, -0.1) is 0 Å². The second-order valence-electron chi connectivity index (χ2n) is 12.2. The van der Waals surface area contributed by atoms with Gasteiger partial charge in [-0.05, 0) is 62.1 Å². The molecule has 3 fully saturated rings. The first-order chi connectivity index (χ1) is 20.6. The predicted molar refractivity (Wildman–Crippen MR) is 151 cm³/mol. The van der Waals surface area contributed by atoms with Crippen molar-refractivity contribution in [3.05, 3.63) is 41.5 Å². The second-order valence-corrected chi connectivity index (χ2v) is 12.2. The summed E-state index contributed by atoms with van der Waals surface area (Å²) in [6.07, 6.45) is 5.72. The number of unbranched alkanes of at least 4 members (excludes halogenated alkanes) is 4. The molecule has 2 saturated heterocycles. The molecule has 1 aromatic rings. The minimum atomic E-state index is -0.890.